The second-order valence-electron chi connectivity index (χ2n) is 3.88. The van der Waals surface area contributed by atoms with Crippen LogP contribution >= 0.6 is 0 Å². The fourth-order valence-corrected chi connectivity index (χ4v) is 1.61. The largest absolute Gasteiger partial charge is 0.364 e. The lowest BCUT2D eigenvalue weighted by molar-refractivity contribution is -0.383. The molecule has 0 saturated heterocycles. The maximum atomic E-state index is 11.0. The monoisotopic (exact) mass is 254 g/mol. The molecule has 1 aromatic rings. The number of hydrogen-bond donors (Lipinski definition) is 3. The van der Waals surface area contributed by atoms with E-state index in [1.807, 2.05) is 0 Å². The SMILES string of the molecule is CCC(CC)CNc1ncnc(NN)c1[N+](=O)[O-]. The van der Waals surface area contributed by atoms with Gasteiger partial charge in [-0.3, -0.25) is 10.1 Å². The zero-order valence-electron chi connectivity index (χ0n) is 10.5. The number of nitrogens with zero attached hydrogens (tertiary/aromatic N) is 3. The van der Waals surface area contributed by atoms with Crippen LogP contribution in [-0.4, -0.2) is 21.4 Å². The molecule has 1 rings (SSSR count). The minimum absolute atomic E-state index is 0.00190. The van der Waals surface area contributed by atoms with Crippen molar-refractivity contribution in [3.05, 3.63) is 16.4 Å². The molecule has 4 N–H and O–H groups in total. The van der Waals surface area contributed by atoms with Crippen molar-refractivity contribution in [3.63, 3.8) is 0 Å². The molecule has 1 heterocycles. The molecule has 0 aliphatic rings. The highest BCUT2D eigenvalue weighted by Gasteiger charge is 2.22. The summed E-state index contributed by atoms with van der Waals surface area (Å²) < 4.78 is 0. The van der Waals surface area contributed by atoms with Crippen LogP contribution in [0.1, 0.15) is 26.7 Å². The van der Waals surface area contributed by atoms with Gasteiger partial charge in [-0.25, -0.2) is 15.8 Å². The molecule has 0 radical (unpaired) electrons. The van der Waals surface area contributed by atoms with Crippen LogP contribution in [0.3, 0.4) is 0 Å². The molecule has 0 unspecified atom stereocenters. The van der Waals surface area contributed by atoms with Crippen molar-refractivity contribution in [1.82, 2.24) is 9.97 Å². The molecule has 18 heavy (non-hydrogen) atoms. The lowest BCUT2D eigenvalue weighted by atomic mass is 10.0. The van der Waals surface area contributed by atoms with Gasteiger partial charge in [0.15, 0.2) is 0 Å². The van der Waals surface area contributed by atoms with Crippen molar-refractivity contribution in [3.8, 4) is 0 Å². The van der Waals surface area contributed by atoms with Crippen LogP contribution < -0.4 is 16.6 Å². The molecular weight excluding hydrogens is 236 g/mol. The second kappa shape index (κ2) is 6.70. The molecule has 0 spiro atoms. The van der Waals surface area contributed by atoms with E-state index in [0.717, 1.165) is 12.8 Å². The van der Waals surface area contributed by atoms with Crippen molar-refractivity contribution >= 4 is 17.3 Å². The molecule has 0 bridgehead atoms. The number of aromatic nitrogens is 2. The summed E-state index contributed by atoms with van der Waals surface area (Å²) in [4.78, 5) is 18.0. The summed E-state index contributed by atoms with van der Waals surface area (Å²) >= 11 is 0. The molecule has 0 aliphatic carbocycles. The van der Waals surface area contributed by atoms with Gasteiger partial charge in [-0.2, -0.15) is 0 Å². The Kier molecular flexibility index (Phi) is 5.25. The van der Waals surface area contributed by atoms with Gasteiger partial charge in [-0.15, -0.1) is 0 Å². The number of rotatable bonds is 7. The lowest BCUT2D eigenvalue weighted by Gasteiger charge is -2.14. The van der Waals surface area contributed by atoms with Crippen LogP contribution in [0.15, 0.2) is 6.33 Å². The van der Waals surface area contributed by atoms with Gasteiger partial charge in [0, 0.05) is 6.54 Å². The first kappa shape index (κ1) is 14.1. The standard InChI is InChI=1S/C10H18N6O2/c1-3-7(4-2)5-12-9-8(16(17)18)10(15-11)14-6-13-9/h6-7H,3-5,11H2,1-2H3,(H2,12,13,14,15). The number of anilines is 2. The van der Waals surface area contributed by atoms with E-state index in [2.05, 4.69) is 34.6 Å². The van der Waals surface area contributed by atoms with Gasteiger partial charge in [0.1, 0.15) is 6.33 Å². The lowest BCUT2D eigenvalue weighted by Crippen LogP contribution is -2.17. The highest BCUT2D eigenvalue weighted by molar-refractivity contribution is 5.68. The quantitative estimate of drug-likeness (QED) is 0.383. The molecule has 1 aromatic heterocycles. The molecule has 100 valence electrons. The Balaban J connectivity index is 2.91. The maximum absolute atomic E-state index is 11.0. The summed E-state index contributed by atoms with van der Waals surface area (Å²) in [6.45, 7) is 4.79. The molecule has 8 heteroatoms. The predicted molar refractivity (Wildman–Crippen MR) is 69.1 cm³/mol. The topological polar surface area (TPSA) is 119 Å². The Labute approximate surface area is 105 Å². The van der Waals surface area contributed by atoms with E-state index in [1.165, 1.54) is 6.33 Å². The molecule has 0 atom stereocenters. The minimum atomic E-state index is -0.551. The van der Waals surface area contributed by atoms with E-state index in [0.29, 0.717) is 12.5 Å². The fraction of sp³-hybridized carbons (Fsp3) is 0.600. The van der Waals surface area contributed by atoms with Crippen molar-refractivity contribution in [1.29, 1.82) is 0 Å². The van der Waals surface area contributed by atoms with E-state index in [1.54, 1.807) is 0 Å². The van der Waals surface area contributed by atoms with Crippen LogP contribution in [0, 0.1) is 16.0 Å². The first-order valence-corrected chi connectivity index (χ1v) is 5.83. The summed E-state index contributed by atoms with van der Waals surface area (Å²) in [5.74, 6) is 5.84. The summed E-state index contributed by atoms with van der Waals surface area (Å²) in [6.07, 6.45) is 3.24. The molecular formula is C10H18N6O2. The number of nitro groups is 1. The third kappa shape index (κ3) is 3.27. The van der Waals surface area contributed by atoms with Crippen molar-refractivity contribution in [2.75, 3.05) is 17.3 Å². The Hall–Kier alpha value is -1.96. The van der Waals surface area contributed by atoms with Crippen molar-refractivity contribution in [2.24, 2.45) is 11.8 Å². The Bertz CT molecular complexity index is 407. The summed E-state index contributed by atoms with van der Waals surface area (Å²) in [7, 11) is 0. The highest BCUT2D eigenvalue weighted by atomic mass is 16.6. The third-order valence-corrected chi connectivity index (χ3v) is 2.85. The Morgan fingerprint density at radius 1 is 1.39 bits per heavy atom. The van der Waals surface area contributed by atoms with Gasteiger partial charge in [-0.05, 0) is 5.92 Å². The van der Waals surface area contributed by atoms with Gasteiger partial charge < -0.3 is 10.7 Å². The molecule has 0 aliphatic heterocycles. The van der Waals surface area contributed by atoms with Crippen LogP contribution in [0.4, 0.5) is 17.3 Å². The zero-order chi connectivity index (χ0) is 13.5. The number of hydrogen-bond acceptors (Lipinski definition) is 7. The second-order valence-corrected chi connectivity index (χ2v) is 3.88. The first-order chi connectivity index (χ1) is 8.63. The van der Waals surface area contributed by atoms with E-state index >= 15 is 0 Å². The number of nitrogens with one attached hydrogen (secondary N) is 2. The summed E-state index contributed by atoms with van der Waals surface area (Å²) in [5.41, 5.74) is 1.97. The Morgan fingerprint density at radius 3 is 2.50 bits per heavy atom. The van der Waals surface area contributed by atoms with Gasteiger partial charge in [0.25, 0.3) is 0 Å². The molecule has 0 fully saturated rings. The molecule has 0 saturated carbocycles. The molecule has 0 aromatic carbocycles. The molecule has 0 amide bonds. The third-order valence-electron chi connectivity index (χ3n) is 2.85. The smallest absolute Gasteiger partial charge is 0.354 e. The van der Waals surface area contributed by atoms with Crippen molar-refractivity contribution < 1.29 is 4.92 Å². The molecule has 8 nitrogen and oxygen atoms in total. The number of nitrogens with two attached hydrogens (primary N) is 1. The van der Waals surface area contributed by atoms with E-state index in [4.69, 9.17) is 5.84 Å². The summed E-state index contributed by atoms with van der Waals surface area (Å²) in [6, 6.07) is 0. The first-order valence-electron chi connectivity index (χ1n) is 5.83. The van der Waals surface area contributed by atoms with Crippen LogP contribution in [0.25, 0.3) is 0 Å². The predicted octanol–water partition coefficient (Wildman–Crippen LogP) is 1.52. The van der Waals surface area contributed by atoms with E-state index < -0.39 is 4.92 Å². The maximum Gasteiger partial charge on any atom is 0.354 e. The van der Waals surface area contributed by atoms with E-state index in [-0.39, 0.29) is 17.3 Å². The number of hydrazine groups is 1. The zero-order valence-corrected chi connectivity index (χ0v) is 10.5. The summed E-state index contributed by atoms with van der Waals surface area (Å²) in [5, 5.41) is 14.0. The van der Waals surface area contributed by atoms with E-state index in [9.17, 15) is 10.1 Å². The normalized spacial score (nSPS) is 10.4. The average Bonchev–Trinajstić information content (AvgIpc) is 2.39. The average molecular weight is 254 g/mol. The van der Waals surface area contributed by atoms with Crippen molar-refractivity contribution in [2.45, 2.75) is 26.7 Å². The fourth-order valence-electron chi connectivity index (χ4n) is 1.61. The van der Waals surface area contributed by atoms with Gasteiger partial charge in [0.05, 0.1) is 4.92 Å². The highest BCUT2D eigenvalue weighted by Crippen LogP contribution is 2.28. The Morgan fingerprint density at radius 2 is 2.00 bits per heavy atom. The van der Waals surface area contributed by atoms with Gasteiger partial charge in [0.2, 0.25) is 11.6 Å². The number of nitrogen functional groups attached to an aromatic ring is 1. The van der Waals surface area contributed by atoms with Crippen LogP contribution in [0.5, 0.6) is 0 Å². The van der Waals surface area contributed by atoms with Gasteiger partial charge in [-0.1, -0.05) is 26.7 Å². The van der Waals surface area contributed by atoms with Crippen LogP contribution in [-0.2, 0) is 0 Å². The van der Waals surface area contributed by atoms with Crippen LogP contribution in [0.2, 0.25) is 0 Å². The van der Waals surface area contributed by atoms with Gasteiger partial charge >= 0.3 is 5.69 Å². The minimum Gasteiger partial charge on any atom is -0.364 e.